The van der Waals surface area contributed by atoms with Gasteiger partial charge in [-0.25, -0.2) is 0 Å². The van der Waals surface area contributed by atoms with Gasteiger partial charge in [-0.3, -0.25) is 9.59 Å². The Bertz CT molecular complexity index is 518. The second-order valence-electron chi connectivity index (χ2n) is 4.96. The number of hydrogen-bond acceptors (Lipinski definition) is 3. The van der Waals surface area contributed by atoms with Gasteiger partial charge in [0.25, 0.3) is 0 Å². The van der Waals surface area contributed by atoms with Crippen LogP contribution < -0.4 is 5.32 Å². The van der Waals surface area contributed by atoms with E-state index in [1.807, 2.05) is 39.0 Å². The van der Waals surface area contributed by atoms with Gasteiger partial charge in [-0.2, -0.15) is 0 Å². The second kappa shape index (κ2) is 6.31. The molecule has 2 amide bonds. The molecule has 1 fully saturated rings. The Morgan fingerprint density at radius 2 is 2.20 bits per heavy atom. The van der Waals surface area contributed by atoms with E-state index in [1.165, 1.54) is 0 Å². The van der Waals surface area contributed by atoms with Gasteiger partial charge in [0, 0.05) is 6.54 Å². The summed E-state index contributed by atoms with van der Waals surface area (Å²) in [6.45, 7) is 6.51. The third-order valence-electron chi connectivity index (χ3n) is 3.26. The van der Waals surface area contributed by atoms with Crippen LogP contribution in [-0.4, -0.2) is 35.1 Å². The largest absolute Gasteiger partial charge is 0.355 e. The molecule has 5 heteroatoms. The quantitative estimate of drug-likeness (QED) is 0.924. The van der Waals surface area contributed by atoms with Gasteiger partial charge in [-0.05, 0) is 26.3 Å². The number of carbonyl (C=O) groups excluding carboxylic acids is 2. The lowest BCUT2D eigenvalue weighted by Crippen LogP contribution is -2.40. The van der Waals surface area contributed by atoms with Gasteiger partial charge >= 0.3 is 0 Å². The van der Waals surface area contributed by atoms with Crippen LogP contribution in [0.5, 0.6) is 0 Å². The number of carbonyl (C=O) groups is 2. The zero-order chi connectivity index (χ0) is 14.7. The van der Waals surface area contributed by atoms with Gasteiger partial charge in [-0.1, -0.05) is 29.8 Å². The fraction of sp³-hybridized carbons (Fsp3) is 0.467. The summed E-state index contributed by atoms with van der Waals surface area (Å²) in [6, 6.07) is 8.11. The summed E-state index contributed by atoms with van der Waals surface area (Å²) >= 11 is 1.60. The van der Waals surface area contributed by atoms with Crippen LogP contribution in [0.3, 0.4) is 0 Å². The standard InChI is InChI=1S/C15H20N2O2S/c1-4-16-13(18)9-17-14(19)11(3)20-15(17)12-7-5-6-10(2)8-12/h5-8,11,15H,4,9H2,1-3H3,(H,16,18). The van der Waals surface area contributed by atoms with Gasteiger partial charge in [0.05, 0.1) is 5.25 Å². The molecule has 108 valence electrons. The predicted molar refractivity (Wildman–Crippen MR) is 81.4 cm³/mol. The van der Waals surface area contributed by atoms with E-state index in [4.69, 9.17) is 0 Å². The lowest BCUT2D eigenvalue weighted by molar-refractivity contribution is -0.135. The lowest BCUT2D eigenvalue weighted by Gasteiger charge is -2.23. The summed E-state index contributed by atoms with van der Waals surface area (Å²) in [5.41, 5.74) is 2.24. The lowest BCUT2D eigenvalue weighted by atomic mass is 10.1. The second-order valence-corrected chi connectivity index (χ2v) is 6.39. The van der Waals surface area contributed by atoms with Crippen molar-refractivity contribution in [2.24, 2.45) is 0 Å². The van der Waals surface area contributed by atoms with Crippen molar-refractivity contribution >= 4 is 23.6 Å². The molecular weight excluding hydrogens is 272 g/mol. The maximum Gasteiger partial charge on any atom is 0.239 e. The molecule has 1 heterocycles. The molecule has 1 aromatic rings. The molecule has 1 aliphatic rings. The number of benzene rings is 1. The van der Waals surface area contributed by atoms with Crippen molar-refractivity contribution in [1.82, 2.24) is 10.2 Å². The highest BCUT2D eigenvalue weighted by Gasteiger charge is 2.39. The first-order valence-corrected chi connectivity index (χ1v) is 7.76. The van der Waals surface area contributed by atoms with Crippen LogP contribution in [0, 0.1) is 6.92 Å². The Labute approximate surface area is 123 Å². The van der Waals surface area contributed by atoms with Crippen molar-refractivity contribution in [1.29, 1.82) is 0 Å². The van der Waals surface area contributed by atoms with Crippen molar-refractivity contribution in [3.63, 3.8) is 0 Å². The van der Waals surface area contributed by atoms with Crippen LogP contribution in [0.1, 0.15) is 30.3 Å². The van der Waals surface area contributed by atoms with Crippen LogP contribution in [-0.2, 0) is 9.59 Å². The first-order chi connectivity index (χ1) is 9.52. The molecule has 1 aliphatic heterocycles. The number of thioether (sulfide) groups is 1. The Hall–Kier alpha value is -1.49. The third kappa shape index (κ3) is 3.15. The number of amides is 2. The number of rotatable bonds is 4. The number of nitrogens with zero attached hydrogens (tertiary/aromatic N) is 1. The molecular formula is C15H20N2O2S. The summed E-state index contributed by atoms with van der Waals surface area (Å²) in [6.07, 6.45) is 0. The molecule has 20 heavy (non-hydrogen) atoms. The van der Waals surface area contributed by atoms with Crippen molar-refractivity contribution in [3.05, 3.63) is 35.4 Å². The molecule has 2 rings (SSSR count). The molecule has 0 bridgehead atoms. The third-order valence-corrected chi connectivity index (χ3v) is 4.66. The highest BCUT2D eigenvalue weighted by atomic mass is 32.2. The molecule has 0 saturated carbocycles. The zero-order valence-corrected chi connectivity index (χ0v) is 12.9. The van der Waals surface area contributed by atoms with E-state index < -0.39 is 0 Å². The van der Waals surface area contributed by atoms with E-state index >= 15 is 0 Å². The van der Waals surface area contributed by atoms with E-state index in [-0.39, 0.29) is 29.0 Å². The zero-order valence-electron chi connectivity index (χ0n) is 12.1. The number of hydrogen-bond donors (Lipinski definition) is 1. The molecule has 1 N–H and O–H groups in total. The summed E-state index contributed by atoms with van der Waals surface area (Å²) in [5.74, 6) is -0.0686. The van der Waals surface area contributed by atoms with Crippen molar-refractivity contribution in [2.75, 3.05) is 13.1 Å². The Kier molecular flexibility index (Phi) is 4.70. The van der Waals surface area contributed by atoms with Gasteiger partial charge in [-0.15, -0.1) is 11.8 Å². The molecule has 0 aromatic heterocycles. The van der Waals surface area contributed by atoms with Crippen LogP contribution >= 0.6 is 11.8 Å². The number of aryl methyl sites for hydroxylation is 1. The predicted octanol–water partition coefficient (Wildman–Crippen LogP) is 2.09. The van der Waals surface area contributed by atoms with Crippen molar-refractivity contribution in [3.8, 4) is 0 Å². The average molecular weight is 292 g/mol. The monoisotopic (exact) mass is 292 g/mol. The SMILES string of the molecule is CCNC(=O)CN1C(=O)C(C)SC1c1cccc(C)c1. The van der Waals surface area contributed by atoms with Gasteiger partial charge in [0.15, 0.2) is 0 Å². The molecule has 4 nitrogen and oxygen atoms in total. The molecule has 0 aliphatic carbocycles. The van der Waals surface area contributed by atoms with E-state index in [9.17, 15) is 9.59 Å². The normalized spacial score (nSPS) is 22.1. The van der Waals surface area contributed by atoms with Crippen molar-refractivity contribution < 1.29 is 9.59 Å². The minimum absolute atomic E-state index is 0.0350. The van der Waals surface area contributed by atoms with E-state index in [1.54, 1.807) is 16.7 Å². The van der Waals surface area contributed by atoms with Crippen molar-refractivity contribution in [2.45, 2.75) is 31.4 Å². The van der Waals surface area contributed by atoms with Crippen LogP contribution in [0.25, 0.3) is 0 Å². The summed E-state index contributed by atoms with van der Waals surface area (Å²) in [4.78, 5) is 25.7. The first kappa shape index (κ1) is 14.9. The molecule has 1 aromatic carbocycles. The van der Waals surface area contributed by atoms with Crippen LogP contribution in [0.4, 0.5) is 0 Å². The summed E-state index contributed by atoms with van der Waals surface area (Å²) in [5, 5.41) is 2.58. The average Bonchev–Trinajstić information content (AvgIpc) is 2.67. The highest BCUT2D eigenvalue weighted by Crippen LogP contribution is 2.42. The van der Waals surface area contributed by atoms with Gasteiger partial charge < -0.3 is 10.2 Å². The summed E-state index contributed by atoms with van der Waals surface area (Å²) < 4.78 is 0. The molecule has 1 saturated heterocycles. The van der Waals surface area contributed by atoms with E-state index in [0.29, 0.717) is 6.54 Å². The maximum atomic E-state index is 12.2. The molecule has 0 spiro atoms. The molecule has 2 unspecified atom stereocenters. The van der Waals surface area contributed by atoms with Crippen LogP contribution in [0.2, 0.25) is 0 Å². The molecule has 2 atom stereocenters. The Balaban J connectivity index is 2.21. The van der Waals surface area contributed by atoms with E-state index in [0.717, 1.165) is 11.1 Å². The topological polar surface area (TPSA) is 49.4 Å². The number of nitrogens with one attached hydrogen (secondary N) is 1. The molecule has 0 radical (unpaired) electrons. The van der Waals surface area contributed by atoms with Gasteiger partial charge in [0.2, 0.25) is 11.8 Å². The summed E-state index contributed by atoms with van der Waals surface area (Å²) in [7, 11) is 0. The maximum absolute atomic E-state index is 12.2. The van der Waals surface area contributed by atoms with Gasteiger partial charge in [0.1, 0.15) is 11.9 Å². The Morgan fingerprint density at radius 1 is 1.45 bits per heavy atom. The number of likely N-dealkylation sites (N-methyl/N-ethyl adjacent to an activating group) is 1. The van der Waals surface area contributed by atoms with E-state index in [2.05, 4.69) is 11.4 Å². The highest BCUT2D eigenvalue weighted by molar-refractivity contribution is 8.01. The fourth-order valence-electron chi connectivity index (χ4n) is 2.32. The minimum Gasteiger partial charge on any atom is -0.355 e. The minimum atomic E-state index is -0.104. The fourth-order valence-corrected chi connectivity index (χ4v) is 3.59. The van der Waals surface area contributed by atoms with Crippen LogP contribution in [0.15, 0.2) is 24.3 Å². The smallest absolute Gasteiger partial charge is 0.239 e. The first-order valence-electron chi connectivity index (χ1n) is 6.82. The Morgan fingerprint density at radius 3 is 2.85 bits per heavy atom.